The number of nitrogens with zero attached hydrogens (tertiary/aromatic N) is 1. The number of rotatable bonds is 11. The number of ether oxygens (including phenoxy) is 4. The zero-order chi connectivity index (χ0) is 14.6. The van der Waals surface area contributed by atoms with Crippen LogP contribution in [0.5, 0.6) is 5.75 Å². The van der Waals surface area contributed by atoms with Crippen LogP contribution in [-0.2, 0) is 14.2 Å². The first-order chi connectivity index (χ1) is 9.75. The molecule has 3 N–H and O–H groups in total. The fourth-order valence-corrected chi connectivity index (χ4v) is 1.39. The van der Waals surface area contributed by atoms with Crippen LogP contribution in [0.1, 0.15) is 5.56 Å². The van der Waals surface area contributed by atoms with Gasteiger partial charge in [0.2, 0.25) is 0 Å². The van der Waals surface area contributed by atoms with Crippen LogP contribution >= 0.6 is 0 Å². The molecule has 0 atom stereocenters. The summed E-state index contributed by atoms with van der Waals surface area (Å²) in [6, 6.07) is 1.64. The van der Waals surface area contributed by atoms with Gasteiger partial charge in [0.1, 0.15) is 18.2 Å². The molecular weight excluding hydrogens is 262 g/mol. The molecule has 7 nitrogen and oxygen atoms in total. The van der Waals surface area contributed by atoms with Gasteiger partial charge in [-0.05, 0) is 6.07 Å². The molecular formula is C13H21N3O4. The van der Waals surface area contributed by atoms with Gasteiger partial charge in [-0.1, -0.05) is 0 Å². The van der Waals surface area contributed by atoms with Crippen molar-refractivity contribution < 1.29 is 18.9 Å². The molecule has 0 saturated carbocycles. The van der Waals surface area contributed by atoms with Crippen molar-refractivity contribution in [3.8, 4) is 5.75 Å². The zero-order valence-electron chi connectivity index (χ0n) is 11.6. The maximum Gasteiger partial charge on any atom is 0.148 e. The van der Waals surface area contributed by atoms with Gasteiger partial charge < -0.3 is 24.7 Å². The van der Waals surface area contributed by atoms with E-state index in [0.29, 0.717) is 51.0 Å². The van der Waals surface area contributed by atoms with E-state index in [1.807, 2.05) is 0 Å². The Kier molecular flexibility index (Phi) is 8.28. The van der Waals surface area contributed by atoms with Crippen LogP contribution in [0.3, 0.4) is 0 Å². The van der Waals surface area contributed by atoms with Crippen molar-refractivity contribution in [2.24, 2.45) is 5.73 Å². The minimum absolute atomic E-state index is 0.0464. The SMILES string of the molecule is COCCOCCOCCOc1cnccc1C(=N)N. The molecule has 0 unspecified atom stereocenters. The van der Waals surface area contributed by atoms with Crippen LogP contribution < -0.4 is 10.5 Å². The molecule has 0 amide bonds. The molecule has 0 aromatic carbocycles. The van der Waals surface area contributed by atoms with Crippen molar-refractivity contribution in [1.82, 2.24) is 4.98 Å². The lowest BCUT2D eigenvalue weighted by atomic mass is 10.2. The maximum atomic E-state index is 7.41. The standard InChI is InChI=1S/C13H21N3O4/c1-17-4-5-18-6-7-19-8-9-20-12-10-16-3-2-11(12)13(14)15/h2-3,10H,4-9H2,1H3,(H3,14,15). The molecule has 0 spiro atoms. The van der Waals surface area contributed by atoms with Crippen LogP contribution in [0.25, 0.3) is 0 Å². The van der Waals surface area contributed by atoms with E-state index in [1.54, 1.807) is 19.4 Å². The third kappa shape index (κ3) is 6.46. The Morgan fingerprint density at radius 3 is 2.45 bits per heavy atom. The predicted octanol–water partition coefficient (Wildman–Crippen LogP) is 0.424. The number of nitrogen functional groups attached to an aromatic ring is 1. The van der Waals surface area contributed by atoms with Gasteiger partial charge >= 0.3 is 0 Å². The van der Waals surface area contributed by atoms with Gasteiger partial charge in [-0.15, -0.1) is 0 Å². The Balaban J connectivity index is 2.11. The molecule has 1 aromatic rings. The van der Waals surface area contributed by atoms with Crippen molar-refractivity contribution in [3.63, 3.8) is 0 Å². The van der Waals surface area contributed by atoms with Gasteiger partial charge in [-0.2, -0.15) is 0 Å². The first-order valence-corrected chi connectivity index (χ1v) is 6.31. The Bertz CT molecular complexity index is 401. The summed E-state index contributed by atoms with van der Waals surface area (Å²) in [4.78, 5) is 3.93. The Hall–Kier alpha value is -1.70. The van der Waals surface area contributed by atoms with Gasteiger partial charge in [-0.25, -0.2) is 0 Å². The van der Waals surface area contributed by atoms with Crippen LogP contribution in [0.15, 0.2) is 18.5 Å². The number of amidine groups is 1. The third-order valence-electron chi connectivity index (χ3n) is 2.36. The zero-order valence-corrected chi connectivity index (χ0v) is 11.6. The fraction of sp³-hybridized carbons (Fsp3) is 0.538. The van der Waals surface area contributed by atoms with E-state index in [4.69, 9.17) is 30.1 Å². The first kappa shape index (κ1) is 16.4. The molecule has 0 aliphatic carbocycles. The average Bonchev–Trinajstić information content (AvgIpc) is 2.46. The third-order valence-corrected chi connectivity index (χ3v) is 2.36. The van der Waals surface area contributed by atoms with E-state index in [9.17, 15) is 0 Å². The molecule has 1 aromatic heterocycles. The minimum atomic E-state index is -0.0464. The molecule has 0 bridgehead atoms. The minimum Gasteiger partial charge on any atom is -0.489 e. The van der Waals surface area contributed by atoms with Crippen LogP contribution in [0, 0.1) is 5.41 Å². The van der Waals surface area contributed by atoms with E-state index < -0.39 is 0 Å². The Morgan fingerprint density at radius 2 is 1.80 bits per heavy atom. The van der Waals surface area contributed by atoms with Crippen LogP contribution in [0.4, 0.5) is 0 Å². The summed E-state index contributed by atoms with van der Waals surface area (Å²) in [5.74, 6) is 0.440. The second-order valence-electron chi connectivity index (χ2n) is 3.85. The normalized spacial score (nSPS) is 10.4. The molecule has 7 heteroatoms. The Morgan fingerprint density at radius 1 is 1.15 bits per heavy atom. The summed E-state index contributed by atoms with van der Waals surface area (Å²) >= 11 is 0. The predicted molar refractivity (Wildman–Crippen MR) is 74.3 cm³/mol. The fourth-order valence-electron chi connectivity index (χ4n) is 1.39. The summed E-state index contributed by atoms with van der Waals surface area (Å²) < 4.78 is 20.9. The second-order valence-corrected chi connectivity index (χ2v) is 3.85. The van der Waals surface area contributed by atoms with Gasteiger partial charge in [0.15, 0.2) is 0 Å². The summed E-state index contributed by atoms with van der Waals surface area (Å²) in [5, 5.41) is 7.41. The summed E-state index contributed by atoms with van der Waals surface area (Å²) in [7, 11) is 1.63. The molecule has 0 fully saturated rings. The van der Waals surface area contributed by atoms with E-state index in [0.717, 1.165) is 0 Å². The lowest BCUT2D eigenvalue weighted by Crippen LogP contribution is -2.16. The highest BCUT2D eigenvalue weighted by Crippen LogP contribution is 2.15. The number of nitrogens with one attached hydrogen (secondary N) is 1. The smallest absolute Gasteiger partial charge is 0.148 e. The molecule has 0 saturated heterocycles. The molecule has 0 radical (unpaired) electrons. The van der Waals surface area contributed by atoms with Crippen molar-refractivity contribution in [2.45, 2.75) is 0 Å². The highest BCUT2D eigenvalue weighted by atomic mass is 16.6. The topological polar surface area (TPSA) is 99.7 Å². The molecule has 0 aliphatic rings. The van der Waals surface area contributed by atoms with E-state index in [2.05, 4.69) is 4.98 Å². The first-order valence-electron chi connectivity index (χ1n) is 6.31. The number of aromatic nitrogens is 1. The van der Waals surface area contributed by atoms with Crippen molar-refractivity contribution in [3.05, 3.63) is 24.0 Å². The quantitative estimate of drug-likeness (QED) is 0.347. The largest absolute Gasteiger partial charge is 0.489 e. The van der Waals surface area contributed by atoms with E-state index >= 15 is 0 Å². The summed E-state index contributed by atoms with van der Waals surface area (Å²) in [6.45, 7) is 2.96. The molecule has 0 aliphatic heterocycles. The Labute approximate surface area is 118 Å². The number of pyridine rings is 1. The van der Waals surface area contributed by atoms with Gasteiger partial charge in [0, 0.05) is 13.3 Å². The lowest BCUT2D eigenvalue weighted by Gasteiger charge is -2.10. The summed E-state index contributed by atoms with van der Waals surface area (Å²) in [6.07, 6.45) is 3.10. The van der Waals surface area contributed by atoms with Crippen molar-refractivity contribution >= 4 is 5.84 Å². The number of nitrogens with two attached hydrogens (primary N) is 1. The lowest BCUT2D eigenvalue weighted by molar-refractivity contribution is 0.0179. The van der Waals surface area contributed by atoms with Crippen molar-refractivity contribution in [1.29, 1.82) is 5.41 Å². The summed E-state index contributed by atoms with van der Waals surface area (Å²) in [5.41, 5.74) is 5.97. The monoisotopic (exact) mass is 283 g/mol. The van der Waals surface area contributed by atoms with Gasteiger partial charge in [-0.3, -0.25) is 10.4 Å². The highest BCUT2D eigenvalue weighted by molar-refractivity contribution is 5.97. The highest BCUT2D eigenvalue weighted by Gasteiger charge is 2.05. The van der Waals surface area contributed by atoms with Gasteiger partial charge in [0.05, 0.1) is 44.8 Å². The second kappa shape index (κ2) is 10.1. The van der Waals surface area contributed by atoms with Crippen LogP contribution in [-0.4, -0.2) is 57.6 Å². The van der Waals surface area contributed by atoms with Gasteiger partial charge in [0.25, 0.3) is 0 Å². The van der Waals surface area contributed by atoms with Crippen LogP contribution in [0.2, 0.25) is 0 Å². The number of hydrogen-bond acceptors (Lipinski definition) is 6. The van der Waals surface area contributed by atoms with E-state index in [-0.39, 0.29) is 5.84 Å². The number of methoxy groups -OCH3 is 1. The van der Waals surface area contributed by atoms with Crippen molar-refractivity contribution in [2.75, 3.05) is 46.8 Å². The average molecular weight is 283 g/mol. The van der Waals surface area contributed by atoms with E-state index in [1.165, 1.54) is 6.20 Å². The molecule has 20 heavy (non-hydrogen) atoms. The molecule has 1 rings (SSSR count). The number of hydrogen-bond donors (Lipinski definition) is 2. The molecule has 1 heterocycles. The maximum absolute atomic E-state index is 7.41. The molecule has 112 valence electrons.